The molecule has 0 aliphatic carbocycles. The number of halogens is 1. The zero-order valence-corrected chi connectivity index (χ0v) is 20.0. The highest BCUT2D eigenvalue weighted by molar-refractivity contribution is 14.2. The van der Waals surface area contributed by atoms with Crippen LogP contribution in [0.25, 0.3) is 22.4 Å². The third-order valence-corrected chi connectivity index (χ3v) is 7.22. The lowest BCUT2D eigenvalue weighted by molar-refractivity contribution is 0.0985. The third kappa shape index (κ3) is 3.62. The summed E-state index contributed by atoms with van der Waals surface area (Å²) >= 11 is 2.30. The maximum atomic E-state index is 9.86. The molecule has 0 amide bonds. The SMILES string of the molecule is C[C@@H]1COCCN1c1cc(C(C)(C)C#N)c2c(n1)c(-c1ccn(PI)n1)nn2C. The van der Waals surface area contributed by atoms with Crippen molar-refractivity contribution >= 4 is 45.3 Å². The predicted octanol–water partition coefficient (Wildman–Crippen LogP) is 3.65. The van der Waals surface area contributed by atoms with Gasteiger partial charge in [0.2, 0.25) is 0 Å². The molecule has 1 aliphatic heterocycles. The smallest absolute Gasteiger partial charge is 0.139 e. The topological polar surface area (TPSA) is 84.8 Å². The van der Waals surface area contributed by atoms with Gasteiger partial charge in [-0.1, -0.05) is 0 Å². The average molecular weight is 523 g/mol. The summed E-state index contributed by atoms with van der Waals surface area (Å²) in [5.41, 5.74) is 3.44. The van der Waals surface area contributed by atoms with E-state index in [1.807, 2.05) is 48.4 Å². The molecular formula is C19H23IN7OP. The molecule has 0 radical (unpaired) electrons. The molecule has 1 saturated heterocycles. The fourth-order valence-electron chi connectivity index (χ4n) is 3.69. The lowest BCUT2D eigenvalue weighted by atomic mass is 9.85. The average Bonchev–Trinajstić information content (AvgIpc) is 3.32. The molecule has 4 heterocycles. The van der Waals surface area contributed by atoms with Gasteiger partial charge in [0.1, 0.15) is 22.7 Å². The summed E-state index contributed by atoms with van der Waals surface area (Å²) in [5.74, 6) is 0.857. The van der Waals surface area contributed by atoms with Crippen molar-refractivity contribution in [1.82, 2.24) is 24.3 Å². The number of anilines is 1. The largest absolute Gasteiger partial charge is 0.377 e. The van der Waals surface area contributed by atoms with Crippen LogP contribution < -0.4 is 4.90 Å². The highest BCUT2D eigenvalue weighted by atomic mass is 127. The summed E-state index contributed by atoms with van der Waals surface area (Å²) in [4.78, 5) is 7.27. The first-order valence-electron chi connectivity index (χ1n) is 9.42. The lowest BCUT2D eigenvalue weighted by Gasteiger charge is -2.35. The monoisotopic (exact) mass is 523 g/mol. The van der Waals surface area contributed by atoms with Crippen LogP contribution in [0.5, 0.6) is 0 Å². The van der Waals surface area contributed by atoms with Crippen molar-refractivity contribution in [3.63, 3.8) is 0 Å². The van der Waals surface area contributed by atoms with E-state index < -0.39 is 5.41 Å². The molecule has 152 valence electrons. The third-order valence-electron chi connectivity index (χ3n) is 5.31. The second-order valence-corrected chi connectivity index (χ2v) is 9.86. The van der Waals surface area contributed by atoms with Gasteiger partial charge in [-0.15, -0.1) is 0 Å². The van der Waals surface area contributed by atoms with Gasteiger partial charge in [-0.3, -0.25) is 4.68 Å². The van der Waals surface area contributed by atoms with Gasteiger partial charge in [-0.05, 0) is 54.9 Å². The van der Waals surface area contributed by atoms with Crippen LogP contribution >= 0.6 is 28.4 Å². The van der Waals surface area contributed by atoms with Crippen LogP contribution in [0.1, 0.15) is 26.3 Å². The number of pyridine rings is 1. The number of ether oxygens (including phenoxy) is 1. The molecule has 8 nitrogen and oxygen atoms in total. The maximum absolute atomic E-state index is 9.86. The second-order valence-electron chi connectivity index (χ2n) is 7.78. The first kappa shape index (κ1) is 20.5. The van der Waals surface area contributed by atoms with E-state index in [0.29, 0.717) is 19.6 Å². The molecule has 2 atom stereocenters. The number of nitrogens with zero attached hydrogens (tertiary/aromatic N) is 7. The Labute approximate surface area is 184 Å². The van der Waals surface area contributed by atoms with E-state index in [9.17, 15) is 5.26 Å². The highest BCUT2D eigenvalue weighted by Gasteiger charge is 2.30. The molecule has 1 fully saturated rings. The van der Waals surface area contributed by atoms with E-state index >= 15 is 0 Å². The predicted molar refractivity (Wildman–Crippen MR) is 124 cm³/mol. The fraction of sp³-hybridized carbons (Fsp3) is 0.474. The molecule has 29 heavy (non-hydrogen) atoms. The number of rotatable bonds is 4. The van der Waals surface area contributed by atoms with E-state index in [1.165, 1.54) is 0 Å². The van der Waals surface area contributed by atoms with Gasteiger partial charge in [0.15, 0.2) is 0 Å². The minimum atomic E-state index is -0.681. The maximum Gasteiger partial charge on any atom is 0.139 e. The van der Waals surface area contributed by atoms with Crippen LogP contribution in [0.3, 0.4) is 0 Å². The highest BCUT2D eigenvalue weighted by Crippen LogP contribution is 2.37. The number of fused-ring (bicyclic) bond motifs is 1. The molecule has 0 N–H and O–H groups in total. The Bertz CT molecular complexity index is 1100. The van der Waals surface area contributed by atoms with Gasteiger partial charge in [0.05, 0.1) is 42.6 Å². The minimum Gasteiger partial charge on any atom is -0.377 e. The zero-order valence-electron chi connectivity index (χ0n) is 16.8. The van der Waals surface area contributed by atoms with Crippen molar-refractivity contribution in [2.75, 3.05) is 24.7 Å². The van der Waals surface area contributed by atoms with Gasteiger partial charge < -0.3 is 9.64 Å². The van der Waals surface area contributed by atoms with Crippen LogP contribution in [-0.4, -0.2) is 50.1 Å². The first-order chi connectivity index (χ1) is 13.9. The Kier molecular flexibility index (Phi) is 5.53. The molecule has 1 unspecified atom stereocenters. The Balaban J connectivity index is 1.99. The van der Waals surface area contributed by atoms with Crippen molar-refractivity contribution in [3.05, 3.63) is 23.9 Å². The van der Waals surface area contributed by atoms with Gasteiger partial charge in [0.25, 0.3) is 0 Å². The summed E-state index contributed by atoms with van der Waals surface area (Å²) in [6.45, 7) is 8.11. The van der Waals surface area contributed by atoms with Crippen LogP contribution in [-0.2, 0) is 17.2 Å². The molecular weight excluding hydrogens is 500 g/mol. The molecule has 10 heteroatoms. The Hall–Kier alpha value is -1.76. The van der Waals surface area contributed by atoms with E-state index in [-0.39, 0.29) is 6.04 Å². The molecule has 3 aromatic heterocycles. The van der Waals surface area contributed by atoms with Crippen LogP contribution in [0.15, 0.2) is 18.3 Å². The normalized spacial score (nSPS) is 18.1. The number of nitriles is 1. The van der Waals surface area contributed by atoms with Crippen molar-refractivity contribution in [1.29, 1.82) is 5.26 Å². The van der Waals surface area contributed by atoms with E-state index in [1.54, 1.807) is 0 Å². The van der Waals surface area contributed by atoms with Crippen molar-refractivity contribution in [2.24, 2.45) is 7.05 Å². The zero-order chi connectivity index (χ0) is 20.8. The summed E-state index contributed by atoms with van der Waals surface area (Å²) in [7, 11) is 1.90. The summed E-state index contributed by atoms with van der Waals surface area (Å²) in [6, 6.07) is 6.67. The minimum absolute atomic E-state index is 0.214. The number of aromatic nitrogens is 5. The summed E-state index contributed by atoms with van der Waals surface area (Å²) < 4.78 is 9.32. The first-order valence-corrected chi connectivity index (χ1v) is 13.5. The van der Waals surface area contributed by atoms with Crippen LogP contribution in [0.2, 0.25) is 0 Å². The number of aryl methyl sites for hydroxylation is 1. The van der Waals surface area contributed by atoms with Crippen molar-refractivity contribution in [2.45, 2.75) is 32.2 Å². The summed E-state index contributed by atoms with van der Waals surface area (Å²) in [6.07, 6.45) is 2.47. The van der Waals surface area contributed by atoms with Gasteiger partial charge in [-0.25, -0.2) is 9.44 Å². The standard InChI is InChI=1S/C19H23IN7OP/c1-12-10-28-8-7-26(12)15-9-13(19(2,3)11-21)18-17(22-15)16(24-25(18)4)14-5-6-27(23-14)29-20/h5-6,9,12,29H,7-8,10H2,1-4H3/t12-/m1/s1. The number of hydrogen-bond donors (Lipinski definition) is 0. The Morgan fingerprint density at radius 3 is 2.83 bits per heavy atom. The van der Waals surface area contributed by atoms with E-state index in [2.05, 4.69) is 45.0 Å². The fourth-order valence-corrected chi connectivity index (χ4v) is 4.77. The van der Waals surface area contributed by atoms with Gasteiger partial charge in [0, 0.05) is 25.4 Å². The molecule has 0 bridgehead atoms. The van der Waals surface area contributed by atoms with Crippen LogP contribution in [0, 0.1) is 11.3 Å². The van der Waals surface area contributed by atoms with Gasteiger partial charge in [-0.2, -0.15) is 15.5 Å². The van der Waals surface area contributed by atoms with Crippen molar-refractivity contribution < 1.29 is 4.74 Å². The molecule has 1 aliphatic rings. The number of hydrogen-bond acceptors (Lipinski definition) is 6. The molecule has 0 aromatic carbocycles. The summed E-state index contributed by atoms with van der Waals surface area (Å²) in [5, 5.41) is 19.2. The molecule has 0 saturated carbocycles. The van der Waals surface area contributed by atoms with Gasteiger partial charge >= 0.3 is 0 Å². The number of morpholine rings is 1. The van der Waals surface area contributed by atoms with Crippen molar-refractivity contribution in [3.8, 4) is 17.5 Å². The van der Waals surface area contributed by atoms with E-state index in [0.717, 1.165) is 40.3 Å². The molecule has 3 aromatic rings. The quantitative estimate of drug-likeness (QED) is 0.384. The molecule has 4 rings (SSSR count). The van der Waals surface area contributed by atoms with E-state index in [4.69, 9.17) is 14.8 Å². The molecule has 0 spiro atoms. The van der Waals surface area contributed by atoms with Crippen LogP contribution in [0.4, 0.5) is 5.82 Å². The lowest BCUT2D eigenvalue weighted by Crippen LogP contribution is -2.44. The Morgan fingerprint density at radius 1 is 1.38 bits per heavy atom. The second kappa shape index (κ2) is 7.82. The Morgan fingerprint density at radius 2 is 2.17 bits per heavy atom.